The van der Waals surface area contributed by atoms with E-state index in [1.807, 2.05) is 24.7 Å². The molecule has 0 radical (unpaired) electrons. The third-order valence-corrected chi connectivity index (χ3v) is 5.00. The van der Waals surface area contributed by atoms with E-state index in [2.05, 4.69) is 9.97 Å². The molecule has 1 saturated heterocycles. The molecule has 8 heteroatoms. The Hall–Kier alpha value is -2.12. The zero-order valence-corrected chi connectivity index (χ0v) is 15.7. The van der Waals surface area contributed by atoms with Crippen molar-refractivity contribution in [1.29, 1.82) is 0 Å². The van der Waals surface area contributed by atoms with Crippen LogP contribution in [0.1, 0.15) is 42.1 Å². The van der Waals surface area contributed by atoms with Crippen LogP contribution in [0.25, 0.3) is 0 Å². The summed E-state index contributed by atoms with van der Waals surface area (Å²) >= 11 is 6.13. The number of amides is 1. The number of carbonyl (C=O) groups excluding carboxylic acids is 1. The average Bonchev–Trinajstić information content (AvgIpc) is 3.08. The smallest absolute Gasteiger partial charge is 0.255 e. The molecule has 26 heavy (non-hydrogen) atoms. The molecule has 1 unspecified atom stereocenters. The van der Waals surface area contributed by atoms with E-state index in [4.69, 9.17) is 16.3 Å². The van der Waals surface area contributed by atoms with Crippen molar-refractivity contribution in [2.75, 3.05) is 19.7 Å². The fourth-order valence-corrected chi connectivity index (χ4v) is 3.48. The predicted molar refractivity (Wildman–Crippen MR) is 97.2 cm³/mol. The number of halogens is 1. The molecule has 0 aliphatic carbocycles. The topological polar surface area (TPSA) is 80.5 Å². The van der Waals surface area contributed by atoms with E-state index < -0.39 is 6.10 Å². The van der Waals surface area contributed by atoms with Gasteiger partial charge in [0.15, 0.2) is 0 Å². The maximum Gasteiger partial charge on any atom is 0.255 e. The van der Waals surface area contributed by atoms with Crippen LogP contribution in [-0.4, -0.2) is 50.1 Å². The predicted octanol–water partition coefficient (Wildman–Crippen LogP) is 2.45. The van der Waals surface area contributed by atoms with E-state index in [9.17, 15) is 9.90 Å². The first kappa shape index (κ1) is 18.7. The van der Waals surface area contributed by atoms with Gasteiger partial charge in [0.1, 0.15) is 17.0 Å². The van der Waals surface area contributed by atoms with Crippen molar-refractivity contribution >= 4 is 17.5 Å². The van der Waals surface area contributed by atoms with Gasteiger partial charge in [-0.3, -0.25) is 4.79 Å². The van der Waals surface area contributed by atoms with Crippen molar-refractivity contribution in [3.63, 3.8) is 0 Å². The van der Waals surface area contributed by atoms with Gasteiger partial charge in [-0.2, -0.15) is 0 Å². The van der Waals surface area contributed by atoms with Gasteiger partial charge >= 0.3 is 0 Å². The first-order chi connectivity index (χ1) is 12.5. The number of imidazole rings is 1. The van der Waals surface area contributed by atoms with E-state index in [0.717, 1.165) is 12.8 Å². The lowest BCUT2D eigenvalue weighted by Gasteiger charge is -2.34. The molecule has 2 aromatic rings. The number of carbonyl (C=O) groups is 1. The maximum absolute atomic E-state index is 12.7. The number of hydrogen-bond acceptors (Lipinski definition) is 5. The van der Waals surface area contributed by atoms with E-state index in [0.29, 0.717) is 42.0 Å². The normalized spacial score (nSPS) is 16.5. The summed E-state index contributed by atoms with van der Waals surface area (Å²) in [6.07, 6.45) is 5.82. The molecular formula is C18H23ClN4O3. The van der Waals surface area contributed by atoms with Crippen molar-refractivity contribution < 1.29 is 14.6 Å². The molecule has 1 amide bonds. The number of ether oxygens (including phenoxy) is 1. The van der Waals surface area contributed by atoms with Crippen LogP contribution in [0.4, 0.5) is 0 Å². The standard InChI is InChI=1S/C18H23ClN4O3/c1-3-26-17-14(19)10-13(11-21-17)18(25)23-7-4-12(5-8-23)15(24)16-20-6-9-22(16)2/h6,9-12,15,24H,3-5,7-8H2,1-2H3. The molecule has 0 spiro atoms. The first-order valence-electron chi connectivity index (χ1n) is 8.74. The summed E-state index contributed by atoms with van der Waals surface area (Å²) in [7, 11) is 1.87. The minimum absolute atomic E-state index is 0.0854. The Morgan fingerprint density at radius 3 is 2.73 bits per heavy atom. The van der Waals surface area contributed by atoms with Crippen LogP contribution in [0, 0.1) is 5.92 Å². The summed E-state index contributed by atoms with van der Waals surface area (Å²) in [5, 5.41) is 10.9. The van der Waals surface area contributed by atoms with E-state index >= 15 is 0 Å². The molecule has 0 aromatic carbocycles. The number of aromatic nitrogens is 3. The molecule has 3 rings (SSSR count). The molecule has 1 N–H and O–H groups in total. The van der Waals surface area contributed by atoms with Crippen molar-refractivity contribution in [3.05, 3.63) is 41.1 Å². The third-order valence-electron chi connectivity index (χ3n) is 4.73. The average molecular weight is 379 g/mol. The zero-order chi connectivity index (χ0) is 18.7. The van der Waals surface area contributed by atoms with Gasteiger partial charge in [-0.1, -0.05) is 11.6 Å². The van der Waals surface area contributed by atoms with Crippen molar-refractivity contribution in [3.8, 4) is 5.88 Å². The van der Waals surface area contributed by atoms with Crippen LogP contribution < -0.4 is 4.74 Å². The highest BCUT2D eigenvalue weighted by Crippen LogP contribution is 2.30. The molecule has 0 bridgehead atoms. The van der Waals surface area contributed by atoms with Crippen molar-refractivity contribution in [1.82, 2.24) is 19.4 Å². The minimum atomic E-state index is -0.617. The molecule has 1 atom stereocenters. The van der Waals surface area contributed by atoms with Gasteiger partial charge in [-0.15, -0.1) is 0 Å². The number of aliphatic hydroxyl groups excluding tert-OH is 1. The Kier molecular flexibility index (Phi) is 5.78. The number of aryl methyl sites for hydroxylation is 1. The zero-order valence-electron chi connectivity index (χ0n) is 14.9. The van der Waals surface area contributed by atoms with Crippen molar-refractivity contribution in [2.24, 2.45) is 13.0 Å². The number of hydrogen-bond donors (Lipinski definition) is 1. The fourth-order valence-electron chi connectivity index (χ4n) is 3.26. The van der Waals surface area contributed by atoms with Gasteiger partial charge in [0, 0.05) is 38.7 Å². The second kappa shape index (κ2) is 8.05. The Balaban J connectivity index is 1.62. The number of likely N-dealkylation sites (tertiary alicyclic amines) is 1. The molecule has 1 aliphatic heterocycles. The van der Waals surface area contributed by atoms with E-state index in [1.165, 1.54) is 6.20 Å². The molecule has 7 nitrogen and oxygen atoms in total. The van der Waals surface area contributed by atoms with Gasteiger partial charge in [-0.25, -0.2) is 9.97 Å². The fraction of sp³-hybridized carbons (Fsp3) is 0.500. The Morgan fingerprint density at radius 2 is 2.15 bits per heavy atom. The highest BCUT2D eigenvalue weighted by atomic mass is 35.5. The first-order valence-corrected chi connectivity index (χ1v) is 9.12. The second-order valence-electron chi connectivity index (χ2n) is 6.41. The molecular weight excluding hydrogens is 356 g/mol. The SMILES string of the molecule is CCOc1ncc(C(=O)N2CCC(C(O)c3nccn3C)CC2)cc1Cl. The second-order valence-corrected chi connectivity index (χ2v) is 6.82. The molecule has 1 aliphatic rings. The number of aliphatic hydroxyl groups is 1. The van der Waals surface area contributed by atoms with Crippen LogP contribution >= 0.6 is 11.6 Å². The summed E-state index contributed by atoms with van der Waals surface area (Å²) in [6.45, 7) is 3.47. The minimum Gasteiger partial charge on any atom is -0.477 e. The summed E-state index contributed by atoms with van der Waals surface area (Å²) in [4.78, 5) is 22.8. The molecule has 3 heterocycles. The summed E-state index contributed by atoms with van der Waals surface area (Å²) in [5.41, 5.74) is 0.446. The van der Waals surface area contributed by atoms with Gasteiger partial charge < -0.3 is 19.3 Å². The van der Waals surface area contributed by atoms with Crippen LogP contribution in [0.3, 0.4) is 0 Å². The van der Waals surface area contributed by atoms with Gasteiger partial charge in [-0.05, 0) is 31.7 Å². The van der Waals surface area contributed by atoms with Crippen LogP contribution in [0.5, 0.6) is 5.88 Å². The lowest BCUT2D eigenvalue weighted by molar-refractivity contribution is 0.0420. The van der Waals surface area contributed by atoms with E-state index in [-0.39, 0.29) is 11.8 Å². The lowest BCUT2D eigenvalue weighted by atomic mass is 9.90. The van der Waals surface area contributed by atoms with Crippen LogP contribution in [0.2, 0.25) is 5.02 Å². The largest absolute Gasteiger partial charge is 0.477 e. The maximum atomic E-state index is 12.7. The van der Waals surface area contributed by atoms with Crippen LogP contribution in [0.15, 0.2) is 24.7 Å². The van der Waals surface area contributed by atoms with Gasteiger partial charge in [0.2, 0.25) is 5.88 Å². The number of piperidine rings is 1. The highest BCUT2D eigenvalue weighted by molar-refractivity contribution is 6.32. The molecule has 2 aromatic heterocycles. The summed E-state index contributed by atoms with van der Waals surface area (Å²) in [5.74, 6) is 0.981. The van der Waals surface area contributed by atoms with Gasteiger partial charge in [0.25, 0.3) is 5.91 Å². The molecule has 0 saturated carbocycles. The van der Waals surface area contributed by atoms with Crippen molar-refractivity contribution in [2.45, 2.75) is 25.9 Å². The number of pyridine rings is 1. The summed E-state index contributed by atoms with van der Waals surface area (Å²) < 4.78 is 7.13. The summed E-state index contributed by atoms with van der Waals surface area (Å²) in [6, 6.07) is 1.59. The van der Waals surface area contributed by atoms with Crippen LogP contribution in [-0.2, 0) is 7.05 Å². The lowest BCUT2D eigenvalue weighted by Crippen LogP contribution is -2.40. The molecule has 140 valence electrons. The van der Waals surface area contributed by atoms with Gasteiger partial charge in [0.05, 0.1) is 12.2 Å². The Bertz CT molecular complexity index is 772. The number of nitrogens with zero attached hydrogens (tertiary/aromatic N) is 4. The molecule has 1 fully saturated rings. The highest BCUT2D eigenvalue weighted by Gasteiger charge is 2.30. The third kappa shape index (κ3) is 3.83. The Labute approximate surface area is 157 Å². The Morgan fingerprint density at radius 1 is 1.42 bits per heavy atom. The monoisotopic (exact) mass is 378 g/mol. The van der Waals surface area contributed by atoms with E-state index in [1.54, 1.807) is 17.2 Å². The quantitative estimate of drug-likeness (QED) is 0.864. The number of rotatable bonds is 5.